The predicted octanol–water partition coefficient (Wildman–Crippen LogP) is 4.76. The summed E-state index contributed by atoms with van der Waals surface area (Å²) in [5, 5.41) is 7.10. The van der Waals surface area contributed by atoms with Gasteiger partial charge in [0.2, 0.25) is 0 Å². The lowest BCUT2D eigenvalue weighted by Gasteiger charge is -2.08. The van der Waals surface area contributed by atoms with E-state index in [0.29, 0.717) is 5.69 Å². The van der Waals surface area contributed by atoms with Crippen LogP contribution in [0.2, 0.25) is 0 Å². The van der Waals surface area contributed by atoms with Crippen LogP contribution in [0.1, 0.15) is 10.5 Å². The van der Waals surface area contributed by atoms with E-state index in [0.717, 1.165) is 21.3 Å². The standard InChI is InChI=1S/C22H16N2O3S/c25-20(23-18-12-6-10-15-7-4-5-11-17(15)18)13-27-22(26)19-14-28-21(24-19)16-8-2-1-3-9-16/h1-12,14H,13H2,(H,23,25). The zero-order valence-electron chi connectivity index (χ0n) is 14.8. The maximum Gasteiger partial charge on any atom is 0.358 e. The molecule has 4 rings (SSSR count). The van der Waals surface area contributed by atoms with Crippen molar-refractivity contribution < 1.29 is 14.3 Å². The molecule has 1 heterocycles. The molecular formula is C22H16N2O3S. The van der Waals surface area contributed by atoms with Crippen LogP contribution in [0.4, 0.5) is 5.69 Å². The van der Waals surface area contributed by atoms with Gasteiger partial charge in [-0.3, -0.25) is 4.79 Å². The number of thiazole rings is 1. The van der Waals surface area contributed by atoms with Gasteiger partial charge in [0, 0.05) is 22.0 Å². The van der Waals surface area contributed by atoms with Crippen LogP contribution in [0.15, 0.2) is 78.2 Å². The van der Waals surface area contributed by atoms with Crippen LogP contribution in [0, 0.1) is 0 Å². The number of nitrogens with zero attached hydrogens (tertiary/aromatic N) is 1. The number of anilines is 1. The normalized spacial score (nSPS) is 10.6. The molecule has 0 saturated heterocycles. The molecule has 0 unspecified atom stereocenters. The summed E-state index contributed by atoms with van der Waals surface area (Å²) in [5.74, 6) is -1.02. The van der Waals surface area contributed by atoms with E-state index in [1.807, 2.05) is 72.8 Å². The van der Waals surface area contributed by atoms with E-state index >= 15 is 0 Å². The smallest absolute Gasteiger partial charge is 0.358 e. The minimum absolute atomic E-state index is 0.196. The van der Waals surface area contributed by atoms with Gasteiger partial charge in [0.1, 0.15) is 5.01 Å². The lowest BCUT2D eigenvalue weighted by molar-refractivity contribution is -0.119. The average molecular weight is 388 g/mol. The molecule has 0 aliphatic carbocycles. The Kier molecular flexibility index (Phi) is 5.12. The Labute approximate surface area is 165 Å². The molecule has 4 aromatic rings. The van der Waals surface area contributed by atoms with Crippen LogP contribution in [-0.2, 0) is 9.53 Å². The van der Waals surface area contributed by atoms with Gasteiger partial charge in [-0.2, -0.15) is 0 Å². The van der Waals surface area contributed by atoms with Crippen molar-refractivity contribution >= 4 is 39.7 Å². The largest absolute Gasteiger partial charge is 0.451 e. The number of rotatable bonds is 5. The molecule has 0 fully saturated rings. The number of esters is 1. The second-order valence-electron chi connectivity index (χ2n) is 6.05. The lowest BCUT2D eigenvalue weighted by Crippen LogP contribution is -2.21. The summed E-state index contributed by atoms with van der Waals surface area (Å²) in [7, 11) is 0. The number of benzene rings is 3. The number of fused-ring (bicyclic) bond motifs is 1. The van der Waals surface area contributed by atoms with Gasteiger partial charge in [0.15, 0.2) is 12.3 Å². The highest BCUT2D eigenvalue weighted by Crippen LogP contribution is 2.24. The molecule has 0 radical (unpaired) electrons. The highest BCUT2D eigenvalue weighted by molar-refractivity contribution is 7.13. The van der Waals surface area contributed by atoms with Crippen LogP contribution in [0.5, 0.6) is 0 Å². The first-order chi connectivity index (χ1) is 13.7. The summed E-state index contributed by atoms with van der Waals surface area (Å²) < 4.78 is 5.12. The molecule has 0 atom stereocenters. The highest BCUT2D eigenvalue weighted by atomic mass is 32.1. The van der Waals surface area contributed by atoms with Crippen LogP contribution in [-0.4, -0.2) is 23.5 Å². The molecule has 28 heavy (non-hydrogen) atoms. The molecule has 0 aliphatic heterocycles. The highest BCUT2D eigenvalue weighted by Gasteiger charge is 2.15. The third-order valence-corrected chi connectivity index (χ3v) is 5.02. The second kappa shape index (κ2) is 8.02. The van der Waals surface area contributed by atoms with Crippen molar-refractivity contribution in [2.45, 2.75) is 0 Å². The summed E-state index contributed by atoms with van der Waals surface area (Å²) in [5.41, 5.74) is 1.81. The number of carbonyl (C=O) groups is 2. The summed E-state index contributed by atoms with van der Waals surface area (Å²) in [6.07, 6.45) is 0. The SMILES string of the molecule is O=C(COC(=O)c1csc(-c2ccccc2)n1)Nc1cccc2ccccc12. The average Bonchev–Trinajstić information content (AvgIpc) is 3.23. The molecule has 1 N–H and O–H groups in total. The van der Waals surface area contributed by atoms with E-state index < -0.39 is 11.9 Å². The quantitative estimate of drug-likeness (QED) is 0.501. The minimum atomic E-state index is -0.619. The zero-order chi connectivity index (χ0) is 19.3. The van der Waals surface area contributed by atoms with Crippen molar-refractivity contribution in [1.29, 1.82) is 0 Å². The maximum atomic E-state index is 12.2. The molecule has 0 aliphatic rings. The monoisotopic (exact) mass is 388 g/mol. The zero-order valence-corrected chi connectivity index (χ0v) is 15.6. The van der Waals surface area contributed by atoms with E-state index in [2.05, 4.69) is 10.3 Å². The number of hydrogen-bond donors (Lipinski definition) is 1. The Hall–Kier alpha value is -3.51. The number of amides is 1. The maximum absolute atomic E-state index is 12.2. The van der Waals surface area contributed by atoms with Gasteiger partial charge >= 0.3 is 5.97 Å². The molecule has 1 aromatic heterocycles. The number of hydrogen-bond acceptors (Lipinski definition) is 5. The van der Waals surface area contributed by atoms with Crippen molar-refractivity contribution in [3.8, 4) is 10.6 Å². The van der Waals surface area contributed by atoms with Gasteiger partial charge < -0.3 is 10.1 Å². The molecule has 0 bridgehead atoms. The van der Waals surface area contributed by atoms with Crippen molar-refractivity contribution in [1.82, 2.24) is 4.98 Å². The fourth-order valence-electron chi connectivity index (χ4n) is 2.81. The van der Waals surface area contributed by atoms with Crippen LogP contribution in [0.25, 0.3) is 21.3 Å². The number of ether oxygens (including phenoxy) is 1. The third kappa shape index (κ3) is 3.92. The summed E-state index contributed by atoms with van der Waals surface area (Å²) >= 11 is 1.36. The predicted molar refractivity (Wildman–Crippen MR) is 110 cm³/mol. The first kappa shape index (κ1) is 17.9. The molecule has 1 amide bonds. The molecular weight excluding hydrogens is 372 g/mol. The Morgan fingerprint density at radius 2 is 1.68 bits per heavy atom. The van der Waals surface area contributed by atoms with Crippen LogP contribution in [0.3, 0.4) is 0 Å². The van der Waals surface area contributed by atoms with Gasteiger partial charge in [-0.15, -0.1) is 11.3 Å². The Balaban J connectivity index is 1.38. The first-order valence-corrected chi connectivity index (χ1v) is 9.54. The van der Waals surface area contributed by atoms with Crippen molar-refractivity contribution in [2.75, 3.05) is 11.9 Å². The van der Waals surface area contributed by atoms with E-state index in [4.69, 9.17) is 4.74 Å². The summed E-state index contributed by atoms with van der Waals surface area (Å²) in [6, 6.07) is 23.0. The van der Waals surface area contributed by atoms with Gasteiger partial charge in [-0.25, -0.2) is 9.78 Å². The minimum Gasteiger partial charge on any atom is -0.451 e. The Morgan fingerprint density at radius 3 is 2.54 bits per heavy atom. The van der Waals surface area contributed by atoms with E-state index in [1.54, 1.807) is 5.38 Å². The molecule has 6 heteroatoms. The number of nitrogens with one attached hydrogen (secondary N) is 1. The van der Waals surface area contributed by atoms with Crippen LogP contribution >= 0.6 is 11.3 Å². The molecule has 3 aromatic carbocycles. The van der Waals surface area contributed by atoms with Crippen molar-refractivity contribution in [3.05, 3.63) is 83.9 Å². The topological polar surface area (TPSA) is 68.3 Å². The lowest BCUT2D eigenvalue weighted by atomic mass is 10.1. The Morgan fingerprint density at radius 1 is 0.929 bits per heavy atom. The molecule has 138 valence electrons. The molecule has 0 saturated carbocycles. The summed E-state index contributed by atoms with van der Waals surface area (Å²) in [6.45, 7) is -0.375. The fourth-order valence-corrected chi connectivity index (χ4v) is 3.60. The second-order valence-corrected chi connectivity index (χ2v) is 6.91. The van der Waals surface area contributed by atoms with E-state index in [9.17, 15) is 9.59 Å². The summed E-state index contributed by atoms with van der Waals surface area (Å²) in [4.78, 5) is 28.7. The molecule has 0 spiro atoms. The number of carbonyl (C=O) groups excluding carboxylic acids is 2. The van der Waals surface area contributed by atoms with E-state index in [1.165, 1.54) is 11.3 Å². The van der Waals surface area contributed by atoms with Crippen LogP contribution < -0.4 is 5.32 Å². The number of aromatic nitrogens is 1. The fraction of sp³-hybridized carbons (Fsp3) is 0.0455. The van der Waals surface area contributed by atoms with Crippen molar-refractivity contribution in [3.63, 3.8) is 0 Å². The Bertz CT molecular complexity index is 1130. The van der Waals surface area contributed by atoms with Gasteiger partial charge in [0.05, 0.1) is 0 Å². The van der Waals surface area contributed by atoms with Gasteiger partial charge in [0.25, 0.3) is 5.91 Å². The first-order valence-electron chi connectivity index (χ1n) is 8.66. The van der Waals surface area contributed by atoms with Gasteiger partial charge in [-0.05, 0) is 11.5 Å². The third-order valence-electron chi connectivity index (χ3n) is 4.13. The van der Waals surface area contributed by atoms with E-state index in [-0.39, 0.29) is 12.3 Å². The van der Waals surface area contributed by atoms with Crippen molar-refractivity contribution in [2.24, 2.45) is 0 Å². The molecule has 5 nitrogen and oxygen atoms in total. The van der Waals surface area contributed by atoms with Gasteiger partial charge in [-0.1, -0.05) is 66.7 Å².